The van der Waals surface area contributed by atoms with E-state index < -0.39 is 10.0 Å². The van der Waals surface area contributed by atoms with Crippen molar-refractivity contribution >= 4 is 59.9 Å². The van der Waals surface area contributed by atoms with Crippen molar-refractivity contribution in [3.8, 4) is 0 Å². The summed E-state index contributed by atoms with van der Waals surface area (Å²) in [6.45, 7) is 2.15. The summed E-state index contributed by atoms with van der Waals surface area (Å²) in [5.41, 5.74) is 3.14. The van der Waals surface area contributed by atoms with Crippen molar-refractivity contribution in [3.63, 3.8) is 0 Å². The van der Waals surface area contributed by atoms with Crippen molar-refractivity contribution in [3.05, 3.63) is 113 Å². The zero-order valence-corrected chi connectivity index (χ0v) is 22.0. The zero-order valence-electron chi connectivity index (χ0n) is 19.6. The van der Waals surface area contributed by atoms with E-state index in [9.17, 15) is 13.2 Å². The number of anilines is 2. The van der Waals surface area contributed by atoms with Gasteiger partial charge in [0, 0.05) is 22.5 Å². The van der Waals surface area contributed by atoms with Gasteiger partial charge in [-0.15, -0.1) is 0 Å². The lowest BCUT2D eigenvalue weighted by atomic mass is 10.2. The Balaban J connectivity index is 1.46. The quantitative estimate of drug-likeness (QED) is 0.257. The number of sulfonamides is 1. The number of hydrogen-bond acceptors (Lipinski definition) is 6. The highest BCUT2D eigenvalue weighted by Gasteiger charge is 2.23. The fraction of sp³-hybridized carbons (Fsp3) is 0.0741. The largest absolute Gasteiger partial charge is 0.280 e. The third-order valence-electron chi connectivity index (χ3n) is 5.60. The first-order valence-corrected chi connectivity index (χ1v) is 13.9. The third kappa shape index (κ3) is 5.48. The molecule has 3 aromatic carbocycles. The second-order valence-electron chi connectivity index (χ2n) is 8.27. The molecule has 5 aromatic rings. The van der Waals surface area contributed by atoms with Gasteiger partial charge in [-0.05, 0) is 73.2 Å². The Kier molecular flexibility index (Phi) is 6.92. The fourth-order valence-corrected chi connectivity index (χ4v) is 6.29. The average molecular weight is 549 g/mol. The van der Waals surface area contributed by atoms with Gasteiger partial charge in [0.15, 0.2) is 5.13 Å². The molecule has 0 unspecified atom stereocenters. The molecule has 5 rings (SSSR count). The number of hydrogen-bond donors (Lipinski definition) is 1. The minimum absolute atomic E-state index is 0.155. The van der Waals surface area contributed by atoms with Crippen LogP contribution in [0.25, 0.3) is 10.2 Å². The van der Waals surface area contributed by atoms with E-state index in [0.29, 0.717) is 27.1 Å². The monoisotopic (exact) mass is 548 g/mol. The van der Waals surface area contributed by atoms with Crippen LogP contribution in [0.15, 0.2) is 96.0 Å². The van der Waals surface area contributed by atoms with Gasteiger partial charge in [-0.1, -0.05) is 47.2 Å². The number of aryl methyl sites for hydroxylation is 1. The van der Waals surface area contributed by atoms with Crippen molar-refractivity contribution < 1.29 is 13.2 Å². The van der Waals surface area contributed by atoms with E-state index in [1.807, 2.05) is 37.3 Å². The summed E-state index contributed by atoms with van der Waals surface area (Å²) in [6, 6.07) is 23.6. The Morgan fingerprint density at radius 2 is 1.73 bits per heavy atom. The number of nitrogens with zero attached hydrogens (tertiary/aromatic N) is 3. The van der Waals surface area contributed by atoms with Crippen LogP contribution in [0, 0.1) is 6.92 Å². The number of carbonyl (C=O) groups is 1. The highest BCUT2D eigenvalue weighted by molar-refractivity contribution is 7.92. The SMILES string of the molecule is Cc1cc(Cl)cc2sc(N(Cc3ccccn3)C(=O)c3ccc(NS(=O)(=O)c4ccccc4)cc3)nc12. The predicted molar refractivity (Wildman–Crippen MR) is 148 cm³/mol. The van der Waals surface area contributed by atoms with Crippen LogP contribution in [-0.2, 0) is 16.6 Å². The lowest BCUT2D eigenvalue weighted by molar-refractivity contribution is 0.0985. The summed E-state index contributed by atoms with van der Waals surface area (Å²) in [5, 5.41) is 1.13. The van der Waals surface area contributed by atoms with Gasteiger partial charge < -0.3 is 0 Å². The summed E-state index contributed by atoms with van der Waals surface area (Å²) in [6.07, 6.45) is 1.67. The van der Waals surface area contributed by atoms with Gasteiger partial charge >= 0.3 is 0 Å². The summed E-state index contributed by atoms with van der Waals surface area (Å²) in [5.74, 6) is -0.286. The second-order valence-corrected chi connectivity index (χ2v) is 11.4. The first kappa shape index (κ1) is 24.9. The molecule has 2 aromatic heterocycles. The molecule has 1 amide bonds. The van der Waals surface area contributed by atoms with Gasteiger partial charge in [0.25, 0.3) is 15.9 Å². The number of thiazole rings is 1. The number of pyridine rings is 1. The maximum Gasteiger partial charge on any atom is 0.261 e. The Labute approximate surface area is 223 Å². The number of carbonyl (C=O) groups excluding carboxylic acids is 1. The van der Waals surface area contributed by atoms with Crippen molar-refractivity contribution in [2.24, 2.45) is 0 Å². The molecule has 0 atom stereocenters. The number of halogens is 1. The average Bonchev–Trinajstić information content (AvgIpc) is 3.32. The molecule has 0 saturated carbocycles. The maximum atomic E-state index is 13.7. The lowest BCUT2D eigenvalue weighted by Gasteiger charge is -2.20. The van der Waals surface area contributed by atoms with E-state index in [1.165, 1.54) is 23.5 Å². The van der Waals surface area contributed by atoms with Gasteiger partial charge in [-0.2, -0.15) is 0 Å². The summed E-state index contributed by atoms with van der Waals surface area (Å²) < 4.78 is 28.7. The Hall–Kier alpha value is -3.79. The second kappa shape index (κ2) is 10.3. The standard InChI is InChI=1S/C27H21ClN4O3S2/c1-18-15-20(28)16-24-25(18)30-27(36-24)32(17-22-7-5-6-14-29-22)26(33)19-10-12-21(13-11-19)31-37(34,35)23-8-3-2-4-9-23/h2-16,31H,17H2,1H3. The molecule has 0 saturated heterocycles. The van der Waals surface area contributed by atoms with E-state index in [2.05, 4.69) is 9.71 Å². The molecule has 0 radical (unpaired) electrons. The molecule has 2 heterocycles. The normalized spacial score (nSPS) is 11.4. The van der Waals surface area contributed by atoms with E-state index in [0.717, 1.165) is 15.8 Å². The van der Waals surface area contributed by atoms with Crippen LogP contribution in [0.5, 0.6) is 0 Å². The van der Waals surface area contributed by atoms with E-state index in [-0.39, 0.29) is 17.3 Å². The first-order valence-electron chi connectivity index (χ1n) is 11.3. The molecule has 0 bridgehead atoms. The van der Waals surface area contributed by atoms with Crippen molar-refractivity contribution in [1.82, 2.24) is 9.97 Å². The molecule has 7 nitrogen and oxygen atoms in total. The number of benzene rings is 3. The predicted octanol–water partition coefficient (Wildman–Crippen LogP) is 6.30. The zero-order chi connectivity index (χ0) is 26.0. The van der Waals surface area contributed by atoms with E-state index >= 15 is 0 Å². The highest BCUT2D eigenvalue weighted by atomic mass is 35.5. The van der Waals surface area contributed by atoms with Crippen molar-refractivity contribution in [2.45, 2.75) is 18.4 Å². The molecule has 0 aliphatic carbocycles. The lowest BCUT2D eigenvalue weighted by Crippen LogP contribution is -2.30. The topological polar surface area (TPSA) is 92.3 Å². The smallest absolute Gasteiger partial charge is 0.261 e. The number of fused-ring (bicyclic) bond motifs is 1. The molecule has 186 valence electrons. The molecular formula is C27H21ClN4O3S2. The molecule has 0 aliphatic heterocycles. The number of amides is 1. The molecular weight excluding hydrogens is 528 g/mol. The minimum Gasteiger partial charge on any atom is -0.280 e. The van der Waals surface area contributed by atoms with E-state index in [4.69, 9.17) is 16.6 Å². The summed E-state index contributed by atoms with van der Waals surface area (Å²) in [4.78, 5) is 24.5. The van der Waals surface area contributed by atoms with E-state index in [1.54, 1.807) is 53.6 Å². The van der Waals surface area contributed by atoms with Crippen LogP contribution >= 0.6 is 22.9 Å². The molecule has 0 fully saturated rings. The van der Waals surface area contributed by atoms with Crippen LogP contribution in [0.1, 0.15) is 21.6 Å². The van der Waals surface area contributed by atoms with Gasteiger partial charge in [-0.3, -0.25) is 19.4 Å². The minimum atomic E-state index is -3.74. The number of rotatable bonds is 7. The van der Waals surface area contributed by atoms with Gasteiger partial charge in [-0.25, -0.2) is 13.4 Å². The molecule has 0 aliphatic rings. The first-order chi connectivity index (χ1) is 17.8. The van der Waals surface area contributed by atoms with Crippen LogP contribution in [0.3, 0.4) is 0 Å². The number of aromatic nitrogens is 2. The Bertz CT molecular complexity index is 1670. The molecule has 37 heavy (non-hydrogen) atoms. The van der Waals surface area contributed by atoms with Crippen LogP contribution in [0.4, 0.5) is 10.8 Å². The molecule has 1 N–H and O–H groups in total. The van der Waals surface area contributed by atoms with Crippen LogP contribution in [0.2, 0.25) is 5.02 Å². The molecule has 10 heteroatoms. The van der Waals surface area contributed by atoms with Gasteiger partial charge in [0.05, 0.1) is 27.4 Å². The summed E-state index contributed by atoms with van der Waals surface area (Å²) >= 11 is 7.61. The fourth-order valence-electron chi connectivity index (χ4n) is 3.79. The Morgan fingerprint density at radius 1 is 1.00 bits per heavy atom. The van der Waals surface area contributed by atoms with Gasteiger partial charge in [0.1, 0.15) is 0 Å². The molecule has 0 spiro atoms. The van der Waals surface area contributed by atoms with Crippen molar-refractivity contribution in [1.29, 1.82) is 0 Å². The van der Waals surface area contributed by atoms with Crippen molar-refractivity contribution in [2.75, 3.05) is 9.62 Å². The number of nitrogens with one attached hydrogen (secondary N) is 1. The summed E-state index contributed by atoms with van der Waals surface area (Å²) in [7, 11) is -3.74. The van der Waals surface area contributed by atoms with Gasteiger partial charge in [0.2, 0.25) is 0 Å². The van der Waals surface area contributed by atoms with Crippen LogP contribution < -0.4 is 9.62 Å². The Morgan fingerprint density at radius 3 is 2.43 bits per heavy atom. The van der Waals surface area contributed by atoms with Crippen LogP contribution in [-0.4, -0.2) is 24.3 Å². The third-order valence-corrected chi connectivity index (χ3v) is 8.24. The maximum absolute atomic E-state index is 13.7. The highest BCUT2D eigenvalue weighted by Crippen LogP contribution is 2.34.